The van der Waals surface area contributed by atoms with Crippen LogP contribution in [0.5, 0.6) is 0 Å². The molecule has 0 aliphatic carbocycles. The number of rotatable bonds is 2. The van der Waals surface area contributed by atoms with Gasteiger partial charge in [0.25, 0.3) is 0 Å². The fraction of sp³-hybridized carbons (Fsp3) is 0.111. The molecule has 1 amide bonds. The average molecular weight is 214 g/mol. The Balaban J connectivity index is 3.07. The Bertz CT molecular complexity index is 390. The van der Waals surface area contributed by atoms with Crippen molar-refractivity contribution >= 4 is 29.2 Å². The van der Waals surface area contributed by atoms with Crippen LogP contribution in [0.25, 0.3) is 0 Å². The Morgan fingerprint density at radius 1 is 1.36 bits per heavy atom. The number of aromatic carboxylic acids is 1. The molecule has 0 saturated carbocycles. The summed E-state index contributed by atoms with van der Waals surface area (Å²) in [5.41, 5.74) is 0.420. The number of carbonyl (C=O) groups excluding carboxylic acids is 1. The Morgan fingerprint density at radius 2 is 2.00 bits per heavy atom. The molecule has 0 aliphatic rings. The van der Waals surface area contributed by atoms with Crippen molar-refractivity contribution in [2.24, 2.45) is 0 Å². The molecule has 4 nitrogen and oxygen atoms in total. The first-order chi connectivity index (χ1) is 6.49. The molecule has 0 fully saturated rings. The van der Waals surface area contributed by atoms with Crippen LogP contribution in [0.2, 0.25) is 5.02 Å². The van der Waals surface area contributed by atoms with Gasteiger partial charge in [-0.25, -0.2) is 4.79 Å². The van der Waals surface area contributed by atoms with Crippen LogP contribution in [0.4, 0.5) is 5.69 Å². The molecule has 1 aromatic carbocycles. The summed E-state index contributed by atoms with van der Waals surface area (Å²) in [6, 6.07) is 4.14. The van der Waals surface area contributed by atoms with Crippen molar-refractivity contribution in [2.45, 2.75) is 6.92 Å². The maximum Gasteiger partial charge on any atom is 0.335 e. The van der Waals surface area contributed by atoms with Gasteiger partial charge in [-0.2, -0.15) is 0 Å². The smallest absolute Gasteiger partial charge is 0.335 e. The molecule has 0 spiro atoms. The van der Waals surface area contributed by atoms with Gasteiger partial charge < -0.3 is 10.4 Å². The van der Waals surface area contributed by atoms with E-state index < -0.39 is 5.97 Å². The maximum absolute atomic E-state index is 10.7. The highest BCUT2D eigenvalue weighted by Gasteiger charge is 2.06. The molecule has 2 N–H and O–H groups in total. The van der Waals surface area contributed by atoms with Crippen molar-refractivity contribution < 1.29 is 14.7 Å². The molecular weight excluding hydrogens is 206 g/mol. The Kier molecular flexibility index (Phi) is 3.09. The van der Waals surface area contributed by atoms with Gasteiger partial charge in [-0.3, -0.25) is 4.79 Å². The van der Waals surface area contributed by atoms with E-state index in [2.05, 4.69) is 5.32 Å². The average Bonchev–Trinajstić information content (AvgIpc) is 2.01. The predicted octanol–water partition coefficient (Wildman–Crippen LogP) is 2.00. The van der Waals surface area contributed by atoms with Gasteiger partial charge in [0, 0.05) is 17.6 Å². The molecule has 0 aliphatic heterocycles. The number of carboxylic acid groups (broad SMARTS) is 1. The number of benzene rings is 1. The summed E-state index contributed by atoms with van der Waals surface area (Å²) in [5, 5.41) is 11.4. The Labute approximate surface area is 85.5 Å². The number of hydrogen-bond acceptors (Lipinski definition) is 2. The van der Waals surface area contributed by atoms with E-state index in [-0.39, 0.29) is 16.5 Å². The van der Waals surface area contributed by atoms with Crippen LogP contribution in [-0.2, 0) is 4.79 Å². The van der Waals surface area contributed by atoms with Crippen LogP contribution >= 0.6 is 11.6 Å². The number of hydrogen-bond donors (Lipinski definition) is 2. The van der Waals surface area contributed by atoms with Crippen LogP contribution in [0, 0.1) is 0 Å². The van der Waals surface area contributed by atoms with Gasteiger partial charge in [0.05, 0.1) is 5.56 Å². The SMILES string of the molecule is CC(=O)Nc1cc(Cl)cc(C(=O)O)c1. The minimum Gasteiger partial charge on any atom is -0.478 e. The van der Waals surface area contributed by atoms with Crippen LogP contribution in [-0.4, -0.2) is 17.0 Å². The van der Waals surface area contributed by atoms with Gasteiger partial charge in [-0.1, -0.05) is 11.6 Å². The summed E-state index contributed by atoms with van der Waals surface area (Å²) in [4.78, 5) is 21.3. The number of carboxylic acids is 1. The molecule has 1 aromatic rings. The summed E-state index contributed by atoms with van der Waals surface area (Å²) < 4.78 is 0. The standard InChI is InChI=1S/C9H8ClNO3/c1-5(12)11-8-3-6(9(13)14)2-7(10)4-8/h2-4H,1H3,(H,11,12)(H,13,14). The first-order valence-electron chi connectivity index (χ1n) is 3.80. The monoisotopic (exact) mass is 213 g/mol. The summed E-state index contributed by atoms with van der Waals surface area (Å²) in [5.74, 6) is -1.36. The Hall–Kier alpha value is -1.55. The highest BCUT2D eigenvalue weighted by Crippen LogP contribution is 2.18. The van der Waals surface area contributed by atoms with Gasteiger partial charge in [-0.15, -0.1) is 0 Å². The molecule has 0 bridgehead atoms. The maximum atomic E-state index is 10.7. The lowest BCUT2D eigenvalue weighted by atomic mass is 10.2. The van der Waals surface area contributed by atoms with E-state index in [1.165, 1.54) is 25.1 Å². The summed E-state index contributed by atoms with van der Waals surface area (Å²) in [6.07, 6.45) is 0. The molecule has 0 atom stereocenters. The fourth-order valence-corrected chi connectivity index (χ4v) is 1.22. The summed E-state index contributed by atoms with van der Waals surface area (Å²) >= 11 is 5.66. The number of amides is 1. The largest absolute Gasteiger partial charge is 0.478 e. The lowest BCUT2D eigenvalue weighted by molar-refractivity contribution is -0.114. The molecule has 14 heavy (non-hydrogen) atoms. The highest BCUT2D eigenvalue weighted by molar-refractivity contribution is 6.31. The normalized spacial score (nSPS) is 9.57. The summed E-state index contributed by atoms with van der Waals surface area (Å²) in [7, 11) is 0. The van der Waals surface area contributed by atoms with Crippen LogP contribution < -0.4 is 5.32 Å². The van der Waals surface area contributed by atoms with E-state index in [0.29, 0.717) is 5.69 Å². The van der Waals surface area contributed by atoms with E-state index in [9.17, 15) is 9.59 Å². The second-order valence-electron chi connectivity index (χ2n) is 2.71. The van der Waals surface area contributed by atoms with Crippen molar-refractivity contribution in [1.29, 1.82) is 0 Å². The zero-order valence-corrected chi connectivity index (χ0v) is 8.13. The quantitative estimate of drug-likeness (QED) is 0.790. The zero-order chi connectivity index (χ0) is 10.7. The fourth-order valence-electron chi connectivity index (χ4n) is 0.989. The van der Waals surface area contributed by atoms with Crippen molar-refractivity contribution in [2.75, 3.05) is 5.32 Å². The van der Waals surface area contributed by atoms with Crippen molar-refractivity contribution in [3.05, 3.63) is 28.8 Å². The molecule has 0 radical (unpaired) electrons. The second-order valence-corrected chi connectivity index (χ2v) is 3.15. The molecule has 5 heteroatoms. The van der Waals surface area contributed by atoms with Crippen LogP contribution in [0.15, 0.2) is 18.2 Å². The number of halogens is 1. The van der Waals surface area contributed by atoms with Crippen LogP contribution in [0.1, 0.15) is 17.3 Å². The van der Waals surface area contributed by atoms with E-state index in [1.807, 2.05) is 0 Å². The first kappa shape index (κ1) is 10.5. The molecule has 0 aromatic heterocycles. The van der Waals surface area contributed by atoms with Gasteiger partial charge in [0.2, 0.25) is 5.91 Å². The minimum absolute atomic E-state index is 0.0428. The number of anilines is 1. The molecule has 1 rings (SSSR count). The van der Waals surface area contributed by atoms with Gasteiger partial charge >= 0.3 is 5.97 Å². The lowest BCUT2D eigenvalue weighted by Crippen LogP contribution is -2.07. The minimum atomic E-state index is -1.08. The molecule has 0 unspecified atom stereocenters. The van der Waals surface area contributed by atoms with E-state index >= 15 is 0 Å². The van der Waals surface area contributed by atoms with Gasteiger partial charge in [0.1, 0.15) is 0 Å². The van der Waals surface area contributed by atoms with Crippen molar-refractivity contribution in [1.82, 2.24) is 0 Å². The lowest BCUT2D eigenvalue weighted by Gasteiger charge is -2.03. The van der Waals surface area contributed by atoms with E-state index in [0.717, 1.165) is 0 Å². The molecular formula is C9H8ClNO3. The highest BCUT2D eigenvalue weighted by atomic mass is 35.5. The second kappa shape index (κ2) is 4.11. The summed E-state index contributed by atoms with van der Waals surface area (Å²) in [6.45, 7) is 1.33. The third kappa shape index (κ3) is 2.74. The number of nitrogens with one attached hydrogen (secondary N) is 1. The zero-order valence-electron chi connectivity index (χ0n) is 7.37. The predicted molar refractivity (Wildman–Crippen MR) is 52.7 cm³/mol. The van der Waals surface area contributed by atoms with Gasteiger partial charge in [0.15, 0.2) is 0 Å². The Morgan fingerprint density at radius 3 is 2.50 bits per heavy atom. The topological polar surface area (TPSA) is 66.4 Å². The molecule has 0 saturated heterocycles. The van der Waals surface area contributed by atoms with Gasteiger partial charge in [-0.05, 0) is 18.2 Å². The first-order valence-corrected chi connectivity index (χ1v) is 4.18. The third-order valence-corrected chi connectivity index (χ3v) is 1.68. The third-order valence-electron chi connectivity index (χ3n) is 1.47. The molecule has 74 valence electrons. The van der Waals surface area contributed by atoms with Crippen molar-refractivity contribution in [3.63, 3.8) is 0 Å². The van der Waals surface area contributed by atoms with Crippen LogP contribution in [0.3, 0.4) is 0 Å². The van der Waals surface area contributed by atoms with Crippen molar-refractivity contribution in [3.8, 4) is 0 Å². The number of carbonyl (C=O) groups is 2. The van der Waals surface area contributed by atoms with E-state index in [1.54, 1.807) is 0 Å². The molecule has 0 heterocycles. The van der Waals surface area contributed by atoms with E-state index in [4.69, 9.17) is 16.7 Å².